The van der Waals surface area contributed by atoms with Crippen LogP contribution in [0.1, 0.15) is 42.1 Å². The number of carbonyl (C=O) groups is 1. The van der Waals surface area contributed by atoms with Gasteiger partial charge in [-0.3, -0.25) is 4.79 Å². The summed E-state index contributed by atoms with van der Waals surface area (Å²) in [5.74, 6) is -0.457. The number of rotatable bonds is 8. The molecule has 2 N–H and O–H groups in total. The molecule has 2 aromatic rings. The minimum absolute atomic E-state index is 0.0131. The van der Waals surface area contributed by atoms with Gasteiger partial charge in [0, 0.05) is 5.69 Å². The first-order valence-electron chi connectivity index (χ1n) is 8.50. The summed E-state index contributed by atoms with van der Waals surface area (Å²) in [5.41, 5.74) is 1.96. The lowest BCUT2D eigenvalue weighted by molar-refractivity contribution is 0.102. The highest BCUT2D eigenvalue weighted by Crippen LogP contribution is 2.22. The van der Waals surface area contributed by atoms with Crippen molar-refractivity contribution in [2.45, 2.75) is 37.5 Å². The van der Waals surface area contributed by atoms with Crippen LogP contribution in [0.25, 0.3) is 0 Å². The second kappa shape index (κ2) is 9.16. The summed E-state index contributed by atoms with van der Waals surface area (Å²) >= 11 is 6.07. The summed E-state index contributed by atoms with van der Waals surface area (Å²) in [7, 11) is -2.34. The number of anilines is 1. The minimum atomic E-state index is -3.65. The van der Waals surface area contributed by atoms with Gasteiger partial charge in [-0.2, -0.15) is 0 Å². The van der Waals surface area contributed by atoms with E-state index in [1.54, 1.807) is 0 Å². The lowest BCUT2D eigenvalue weighted by Crippen LogP contribution is -2.20. The fourth-order valence-electron chi connectivity index (χ4n) is 2.50. The predicted molar refractivity (Wildman–Crippen MR) is 105 cm³/mol. The SMILES string of the molecule is CCCCCc1ccc(NC(=O)c2cc(S(=O)(=O)NC)ccc2Cl)cc1. The average Bonchev–Trinajstić information content (AvgIpc) is 2.63. The van der Waals surface area contributed by atoms with Crippen LogP contribution in [0, 0.1) is 0 Å². The number of hydrogen-bond donors (Lipinski definition) is 2. The zero-order valence-electron chi connectivity index (χ0n) is 14.9. The third-order valence-corrected chi connectivity index (χ3v) is 5.78. The Morgan fingerprint density at radius 2 is 1.77 bits per heavy atom. The van der Waals surface area contributed by atoms with Gasteiger partial charge in [-0.15, -0.1) is 0 Å². The Balaban J connectivity index is 2.13. The predicted octanol–water partition coefficient (Wildman–Crippen LogP) is 4.23. The fraction of sp³-hybridized carbons (Fsp3) is 0.316. The van der Waals surface area contributed by atoms with Crippen LogP contribution in [0.15, 0.2) is 47.4 Å². The van der Waals surface area contributed by atoms with Gasteiger partial charge in [0.05, 0.1) is 15.5 Å². The van der Waals surface area contributed by atoms with E-state index in [0.717, 1.165) is 12.8 Å². The van der Waals surface area contributed by atoms with Crippen molar-refractivity contribution in [1.29, 1.82) is 0 Å². The Morgan fingerprint density at radius 1 is 1.08 bits per heavy atom. The lowest BCUT2D eigenvalue weighted by Gasteiger charge is -2.10. The molecule has 5 nitrogen and oxygen atoms in total. The molecule has 2 aromatic carbocycles. The van der Waals surface area contributed by atoms with Crippen molar-refractivity contribution < 1.29 is 13.2 Å². The van der Waals surface area contributed by atoms with Crippen molar-refractivity contribution in [2.75, 3.05) is 12.4 Å². The zero-order chi connectivity index (χ0) is 19.2. The van der Waals surface area contributed by atoms with Crippen LogP contribution in [0.4, 0.5) is 5.69 Å². The maximum atomic E-state index is 12.5. The van der Waals surface area contributed by atoms with Gasteiger partial charge in [-0.1, -0.05) is 43.5 Å². The molecular weight excluding hydrogens is 372 g/mol. The lowest BCUT2D eigenvalue weighted by atomic mass is 10.1. The van der Waals surface area contributed by atoms with Crippen LogP contribution in [-0.4, -0.2) is 21.4 Å². The van der Waals surface area contributed by atoms with E-state index in [9.17, 15) is 13.2 Å². The first-order chi connectivity index (χ1) is 12.4. The molecule has 0 atom stereocenters. The molecule has 0 aromatic heterocycles. The van der Waals surface area contributed by atoms with Crippen molar-refractivity contribution in [3.05, 3.63) is 58.6 Å². The van der Waals surface area contributed by atoms with Gasteiger partial charge in [0.15, 0.2) is 0 Å². The topological polar surface area (TPSA) is 75.3 Å². The standard InChI is InChI=1S/C19H23ClN2O3S/c1-3-4-5-6-14-7-9-15(10-8-14)22-19(23)17-13-16(11-12-18(17)20)26(24,25)21-2/h7-13,21H,3-6H2,1-2H3,(H,22,23). The molecule has 0 spiro atoms. The number of halogens is 1. The van der Waals surface area contributed by atoms with E-state index in [1.807, 2.05) is 24.3 Å². The van der Waals surface area contributed by atoms with E-state index in [1.165, 1.54) is 43.7 Å². The molecule has 0 fully saturated rings. The van der Waals surface area contributed by atoms with Gasteiger partial charge >= 0.3 is 0 Å². The highest BCUT2D eigenvalue weighted by Gasteiger charge is 2.17. The number of hydrogen-bond acceptors (Lipinski definition) is 3. The van der Waals surface area contributed by atoms with E-state index in [0.29, 0.717) is 5.69 Å². The number of carbonyl (C=O) groups excluding carboxylic acids is 1. The van der Waals surface area contributed by atoms with Gasteiger partial charge in [-0.25, -0.2) is 13.1 Å². The van der Waals surface area contributed by atoms with Crippen LogP contribution in [0.5, 0.6) is 0 Å². The van der Waals surface area contributed by atoms with Gasteiger partial charge in [0.25, 0.3) is 5.91 Å². The van der Waals surface area contributed by atoms with Crippen molar-refractivity contribution in [3.63, 3.8) is 0 Å². The van der Waals surface area contributed by atoms with Crippen molar-refractivity contribution in [3.8, 4) is 0 Å². The Kier molecular flexibility index (Phi) is 7.20. The molecular formula is C19H23ClN2O3S. The second-order valence-corrected chi connectivity index (χ2v) is 8.25. The summed E-state index contributed by atoms with van der Waals surface area (Å²) in [6, 6.07) is 11.7. The molecule has 0 radical (unpaired) electrons. The number of sulfonamides is 1. The molecule has 2 rings (SSSR count). The molecule has 0 saturated heterocycles. The third kappa shape index (κ3) is 5.30. The van der Waals surface area contributed by atoms with Crippen molar-refractivity contribution in [1.82, 2.24) is 4.72 Å². The van der Waals surface area contributed by atoms with Gasteiger partial charge in [-0.05, 0) is 55.8 Å². The highest BCUT2D eigenvalue weighted by molar-refractivity contribution is 7.89. The maximum Gasteiger partial charge on any atom is 0.257 e. The third-order valence-electron chi connectivity index (χ3n) is 4.04. The quantitative estimate of drug-likeness (QED) is 0.658. The second-order valence-electron chi connectivity index (χ2n) is 5.96. The number of unbranched alkanes of at least 4 members (excludes halogenated alkanes) is 2. The number of benzene rings is 2. The van der Waals surface area contributed by atoms with Crippen molar-refractivity contribution >= 4 is 33.2 Å². The van der Waals surface area contributed by atoms with E-state index in [2.05, 4.69) is 17.0 Å². The van der Waals surface area contributed by atoms with Crippen LogP contribution < -0.4 is 10.0 Å². The molecule has 0 unspecified atom stereocenters. The first kappa shape index (κ1) is 20.4. The molecule has 0 aliphatic heterocycles. The first-order valence-corrected chi connectivity index (χ1v) is 10.4. The minimum Gasteiger partial charge on any atom is -0.322 e. The molecule has 1 amide bonds. The summed E-state index contributed by atoms with van der Waals surface area (Å²) in [5, 5.41) is 2.94. The van der Waals surface area contributed by atoms with Gasteiger partial charge in [0.1, 0.15) is 0 Å². The van der Waals surface area contributed by atoms with E-state index < -0.39 is 15.9 Å². The zero-order valence-corrected chi connectivity index (χ0v) is 16.5. The largest absolute Gasteiger partial charge is 0.322 e. The highest BCUT2D eigenvalue weighted by atomic mass is 35.5. The van der Waals surface area contributed by atoms with Crippen LogP contribution >= 0.6 is 11.6 Å². The summed E-state index contributed by atoms with van der Waals surface area (Å²) in [6.45, 7) is 2.17. The van der Waals surface area contributed by atoms with Crippen LogP contribution in [0.3, 0.4) is 0 Å². The monoisotopic (exact) mass is 394 g/mol. The average molecular weight is 395 g/mol. The molecule has 26 heavy (non-hydrogen) atoms. The van der Waals surface area contributed by atoms with Gasteiger partial charge < -0.3 is 5.32 Å². The van der Waals surface area contributed by atoms with Crippen molar-refractivity contribution in [2.24, 2.45) is 0 Å². The van der Waals surface area contributed by atoms with E-state index in [4.69, 9.17) is 11.6 Å². The molecule has 7 heteroatoms. The normalized spacial score (nSPS) is 11.3. The molecule has 0 bridgehead atoms. The Hall–Kier alpha value is -1.89. The molecule has 0 aliphatic carbocycles. The van der Waals surface area contributed by atoms with Gasteiger partial charge in [0.2, 0.25) is 10.0 Å². The summed E-state index contributed by atoms with van der Waals surface area (Å²) in [6.07, 6.45) is 4.53. The molecule has 0 aliphatic rings. The fourth-order valence-corrected chi connectivity index (χ4v) is 3.45. The number of amides is 1. The molecule has 140 valence electrons. The number of aryl methyl sites for hydroxylation is 1. The molecule has 0 heterocycles. The Labute approximate surface area is 159 Å². The summed E-state index contributed by atoms with van der Waals surface area (Å²) < 4.78 is 26.0. The van der Waals surface area contributed by atoms with Crippen LogP contribution in [0.2, 0.25) is 5.02 Å². The summed E-state index contributed by atoms with van der Waals surface area (Å²) in [4.78, 5) is 12.5. The van der Waals surface area contributed by atoms with E-state index >= 15 is 0 Å². The number of nitrogens with one attached hydrogen (secondary N) is 2. The Bertz CT molecular complexity index is 865. The van der Waals surface area contributed by atoms with Crippen LogP contribution in [-0.2, 0) is 16.4 Å². The smallest absolute Gasteiger partial charge is 0.257 e. The van der Waals surface area contributed by atoms with E-state index in [-0.39, 0.29) is 15.5 Å². The maximum absolute atomic E-state index is 12.5. The Morgan fingerprint density at radius 3 is 2.38 bits per heavy atom. The molecule has 0 saturated carbocycles.